The van der Waals surface area contributed by atoms with Gasteiger partial charge in [-0.2, -0.15) is 5.06 Å². The fourth-order valence-electron chi connectivity index (χ4n) is 3.06. The second kappa shape index (κ2) is 10.4. The van der Waals surface area contributed by atoms with Crippen LogP contribution in [0.25, 0.3) is 0 Å². The molecule has 0 aliphatic carbocycles. The van der Waals surface area contributed by atoms with Gasteiger partial charge >= 0.3 is 0 Å². The zero-order valence-electron chi connectivity index (χ0n) is 14.6. The summed E-state index contributed by atoms with van der Waals surface area (Å²) in [6.07, 6.45) is -2.02. The van der Waals surface area contributed by atoms with Gasteiger partial charge in [0.15, 0.2) is 0 Å². The van der Waals surface area contributed by atoms with E-state index in [4.69, 9.17) is 0 Å². The Morgan fingerprint density at radius 3 is 1.31 bits per heavy atom. The summed E-state index contributed by atoms with van der Waals surface area (Å²) in [7, 11) is 0. The van der Waals surface area contributed by atoms with E-state index >= 15 is 0 Å². The first-order chi connectivity index (χ1) is 12.6. The molecule has 6 heteroatoms. The third kappa shape index (κ3) is 5.60. The Balaban J connectivity index is 1.95. The summed E-state index contributed by atoms with van der Waals surface area (Å²) >= 11 is 0. The highest BCUT2D eigenvalue weighted by molar-refractivity contribution is 5.22. The Morgan fingerprint density at radius 1 is 0.654 bits per heavy atom. The molecule has 5 N–H and O–H groups in total. The van der Waals surface area contributed by atoms with Gasteiger partial charge in [-0.3, -0.25) is 0 Å². The van der Waals surface area contributed by atoms with E-state index in [1.807, 2.05) is 36.4 Å². The summed E-state index contributed by atoms with van der Waals surface area (Å²) in [6, 6.07) is 18.2. The first kappa shape index (κ1) is 20.5. The number of hydrogen-bond acceptors (Lipinski definition) is 6. The molecule has 0 fully saturated rings. The fourth-order valence-corrected chi connectivity index (χ4v) is 3.06. The van der Waals surface area contributed by atoms with Gasteiger partial charge in [0.2, 0.25) is 0 Å². The summed E-state index contributed by atoms with van der Waals surface area (Å²) in [5.74, 6) is -1.07. The summed E-state index contributed by atoms with van der Waals surface area (Å²) < 4.78 is 0. The van der Waals surface area contributed by atoms with Crippen molar-refractivity contribution in [1.82, 2.24) is 5.06 Å². The fraction of sp³-hybridized carbons (Fsp3) is 0.400. The van der Waals surface area contributed by atoms with Crippen LogP contribution in [0.4, 0.5) is 0 Å². The lowest BCUT2D eigenvalue weighted by Gasteiger charge is -2.28. The maximum Gasteiger partial charge on any atom is 0.0780 e. The summed E-state index contributed by atoms with van der Waals surface area (Å²) in [5, 5.41) is 50.8. The Labute approximate surface area is 153 Å². The third-order valence-corrected chi connectivity index (χ3v) is 4.57. The highest BCUT2D eigenvalue weighted by Gasteiger charge is 2.26. The Kier molecular flexibility index (Phi) is 8.18. The molecule has 142 valence electrons. The molecule has 0 saturated heterocycles. The Morgan fingerprint density at radius 2 is 1.00 bits per heavy atom. The van der Waals surface area contributed by atoms with E-state index < -0.39 is 24.0 Å². The predicted octanol–water partition coefficient (Wildman–Crippen LogP) is 0.952. The van der Waals surface area contributed by atoms with Crippen LogP contribution in [0.2, 0.25) is 0 Å². The highest BCUT2D eigenvalue weighted by Crippen LogP contribution is 2.22. The molecule has 0 aromatic heterocycles. The Hall–Kier alpha value is -1.80. The zero-order chi connectivity index (χ0) is 18.9. The lowest BCUT2D eigenvalue weighted by molar-refractivity contribution is -0.139. The van der Waals surface area contributed by atoms with Crippen molar-refractivity contribution in [2.75, 3.05) is 26.3 Å². The van der Waals surface area contributed by atoms with Crippen LogP contribution >= 0.6 is 0 Å². The van der Waals surface area contributed by atoms with Gasteiger partial charge in [-0.15, -0.1) is 0 Å². The van der Waals surface area contributed by atoms with E-state index in [0.29, 0.717) is 0 Å². The quantitative estimate of drug-likeness (QED) is 0.404. The largest absolute Gasteiger partial charge is 0.396 e. The third-order valence-electron chi connectivity index (χ3n) is 4.57. The van der Waals surface area contributed by atoms with E-state index in [0.717, 1.165) is 16.2 Å². The van der Waals surface area contributed by atoms with E-state index in [9.17, 15) is 25.6 Å². The summed E-state index contributed by atoms with van der Waals surface area (Å²) in [5.41, 5.74) is 1.54. The monoisotopic (exact) mass is 361 g/mol. The number of benzene rings is 2. The van der Waals surface area contributed by atoms with E-state index in [-0.39, 0.29) is 26.3 Å². The molecule has 0 aliphatic heterocycles. The minimum atomic E-state index is -1.01. The van der Waals surface area contributed by atoms with Gasteiger partial charge in [-0.1, -0.05) is 60.7 Å². The molecule has 0 aliphatic rings. The number of hydroxylamine groups is 2. The van der Waals surface area contributed by atoms with Crippen LogP contribution in [-0.4, -0.2) is 69.2 Å². The van der Waals surface area contributed by atoms with Gasteiger partial charge in [-0.05, 0) is 11.1 Å². The van der Waals surface area contributed by atoms with Crippen molar-refractivity contribution in [3.8, 4) is 0 Å². The van der Waals surface area contributed by atoms with Gasteiger partial charge in [-0.25, -0.2) is 0 Å². The first-order valence-electron chi connectivity index (χ1n) is 8.68. The second-order valence-corrected chi connectivity index (χ2v) is 6.41. The average molecular weight is 361 g/mol. The molecule has 6 nitrogen and oxygen atoms in total. The van der Waals surface area contributed by atoms with E-state index in [1.54, 1.807) is 24.3 Å². The summed E-state index contributed by atoms with van der Waals surface area (Å²) in [6.45, 7) is -0.788. The van der Waals surface area contributed by atoms with Crippen molar-refractivity contribution in [1.29, 1.82) is 0 Å². The van der Waals surface area contributed by atoms with Gasteiger partial charge < -0.3 is 25.6 Å². The van der Waals surface area contributed by atoms with E-state index in [2.05, 4.69) is 0 Å². The Bertz CT molecular complexity index is 569. The molecule has 0 heterocycles. The van der Waals surface area contributed by atoms with Crippen LogP contribution in [-0.2, 0) is 0 Å². The average Bonchev–Trinajstić information content (AvgIpc) is 2.64. The van der Waals surface area contributed by atoms with Gasteiger partial charge in [0.25, 0.3) is 0 Å². The second-order valence-electron chi connectivity index (χ2n) is 6.41. The molecule has 2 aromatic carbocycles. The number of hydrogen-bond donors (Lipinski definition) is 5. The zero-order valence-corrected chi connectivity index (χ0v) is 14.6. The van der Waals surface area contributed by atoms with Gasteiger partial charge in [0.1, 0.15) is 0 Å². The van der Waals surface area contributed by atoms with Crippen LogP contribution in [0.3, 0.4) is 0 Å². The van der Waals surface area contributed by atoms with Crippen molar-refractivity contribution in [2.45, 2.75) is 24.0 Å². The van der Waals surface area contributed by atoms with Gasteiger partial charge in [0.05, 0.1) is 38.5 Å². The molecular weight excluding hydrogens is 334 g/mol. The number of aliphatic hydroxyl groups is 4. The van der Waals surface area contributed by atoms with Crippen molar-refractivity contribution in [2.24, 2.45) is 0 Å². The minimum absolute atomic E-state index is 0.135. The standard InChI is InChI=1S/C20H27NO5/c22-13-17(15-7-3-1-4-8-15)19(24)11-21(26)12-20(25)18(14-23)16-9-5-2-6-10-16/h1-10,17-20,22-26H,11-14H2. The number of rotatable bonds is 10. The molecule has 2 rings (SSSR count). The van der Waals surface area contributed by atoms with Crippen LogP contribution in [0.15, 0.2) is 60.7 Å². The molecule has 0 bridgehead atoms. The molecule has 0 saturated carbocycles. The molecule has 4 unspecified atom stereocenters. The predicted molar refractivity (Wildman–Crippen MR) is 97.9 cm³/mol. The molecule has 2 aromatic rings. The van der Waals surface area contributed by atoms with Crippen molar-refractivity contribution in [3.63, 3.8) is 0 Å². The number of nitrogens with zero attached hydrogens (tertiary/aromatic N) is 1. The normalized spacial score (nSPS) is 16.2. The van der Waals surface area contributed by atoms with Crippen molar-refractivity contribution >= 4 is 0 Å². The molecule has 26 heavy (non-hydrogen) atoms. The van der Waals surface area contributed by atoms with Crippen molar-refractivity contribution < 1.29 is 25.6 Å². The SMILES string of the molecule is OCC(c1ccccc1)C(O)CN(O)CC(O)C(CO)c1ccccc1. The molecule has 0 radical (unpaired) electrons. The van der Waals surface area contributed by atoms with Crippen LogP contribution in [0.5, 0.6) is 0 Å². The molecule has 0 spiro atoms. The van der Waals surface area contributed by atoms with Crippen LogP contribution in [0, 0.1) is 0 Å². The maximum atomic E-state index is 10.4. The lowest BCUT2D eigenvalue weighted by Crippen LogP contribution is -2.41. The van der Waals surface area contributed by atoms with Crippen LogP contribution < -0.4 is 0 Å². The maximum absolute atomic E-state index is 10.4. The lowest BCUT2D eigenvalue weighted by atomic mass is 9.93. The first-order valence-corrected chi connectivity index (χ1v) is 8.68. The minimum Gasteiger partial charge on any atom is -0.396 e. The number of aliphatic hydroxyl groups excluding tert-OH is 4. The van der Waals surface area contributed by atoms with E-state index in [1.165, 1.54) is 0 Å². The highest BCUT2D eigenvalue weighted by atomic mass is 16.5. The van der Waals surface area contributed by atoms with Crippen molar-refractivity contribution in [3.05, 3.63) is 71.8 Å². The van der Waals surface area contributed by atoms with Crippen LogP contribution in [0.1, 0.15) is 23.0 Å². The molecule has 4 atom stereocenters. The molecule has 0 amide bonds. The topological polar surface area (TPSA) is 104 Å². The molecular formula is C20H27NO5. The summed E-state index contributed by atoms with van der Waals surface area (Å²) in [4.78, 5) is 0. The van der Waals surface area contributed by atoms with Gasteiger partial charge in [0, 0.05) is 11.8 Å². The smallest absolute Gasteiger partial charge is 0.0780 e.